The molecule has 0 rings (SSSR count). The van der Waals surface area contributed by atoms with Crippen LogP contribution in [-0.2, 0) is 13.8 Å². The van der Waals surface area contributed by atoms with Crippen molar-refractivity contribution in [3.05, 3.63) is 0 Å². The van der Waals surface area contributed by atoms with Crippen LogP contribution >= 0.6 is 7.82 Å². The lowest BCUT2D eigenvalue weighted by Gasteiger charge is -2.30. The Kier molecular flexibility index (Phi) is 21.1. The molecule has 0 saturated carbocycles. The number of unbranched alkanes of at least 4 members (excludes halogenated alkanes) is 15. The quantitative estimate of drug-likeness (QED) is 0.0769. The number of likely N-dealkylation sites (N-methyl/N-ethyl adjacent to an activating group) is 1. The highest BCUT2D eigenvalue weighted by Gasteiger charge is 2.29. The van der Waals surface area contributed by atoms with Crippen molar-refractivity contribution in [2.45, 2.75) is 128 Å². The molecule has 0 aromatic carbocycles. The normalized spacial score (nSPS) is 14.4. The van der Waals surface area contributed by atoms with E-state index in [4.69, 9.17) is 19.0 Å². The third kappa shape index (κ3) is 26.6. The molecular formula is C26H57NO6P+. The minimum absolute atomic E-state index is 0.138. The highest BCUT2D eigenvalue weighted by atomic mass is 31.2. The van der Waals surface area contributed by atoms with Crippen molar-refractivity contribution in [2.75, 3.05) is 40.9 Å². The van der Waals surface area contributed by atoms with Crippen molar-refractivity contribution >= 4 is 7.82 Å². The van der Waals surface area contributed by atoms with Crippen molar-refractivity contribution in [1.82, 2.24) is 0 Å². The van der Waals surface area contributed by atoms with Gasteiger partial charge in [0.1, 0.15) is 12.6 Å². The number of phosphoric acid groups is 1. The molecule has 0 aromatic rings. The van der Waals surface area contributed by atoms with E-state index in [9.17, 15) is 9.67 Å². The molecule has 8 heteroatoms. The smallest absolute Gasteiger partial charge is 0.391 e. The van der Waals surface area contributed by atoms with Crippen molar-refractivity contribution in [3.8, 4) is 0 Å². The van der Waals surface area contributed by atoms with Crippen LogP contribution in [0.25, 0.3) is 0 Å². The molecule has 0 aliphatic rings. The van der Waals surface area contributed by atoms with Crippen LogP contribution in [0.2, 0.25) is 0 Å². The van der Waals surface area contributed by atoms with E-state index in [1.165, 1.54) is 89.9 Å². The number of hydrogen-bond acceptors (Lipinski definition) is 4. The van der Waals surface area contributed by atoms with E-state index in [1.807, 2.05) is 21.1 Å². The topological polar surface area (TPSA) is 96.2 Å². The lowest BCUT2D eigenvalue weighted by molar-refractivity contribution is -0.873. The van der Waals surface area contributed by atoms with Crippen LogP contribution < -0.4 is 0 Å². The largest absolute Gasteiger partial charge is 0.470 e. The van der Waals surface area contributed by atoms with Gasteiger partial charge in [-0.3, -0.25) is 4.52 Å². The first-order valence-corrected chi connectivity index (χ1v) is 15.4. The summed E-state index contributed by atoms with van der Waals surface area (Å²) in [6, 6.07) is 0. The molecule has 2 unspecified atom stereocenters. The second-order valence-electron chi connectivity index (χ2n) is 11.0. The Labute approximate surface area is 210 Å². The van der Waals surface area contributed by atoms with Gasteiger partial charge in [0.15, 0.2) is 0 Å². The fourth-order valence-electron chi connectivity index (χ4n) is 4.30. The van der Waals surface area contributed by atoms with Gasteiger partial charge in [-0.15, -0.1) is 0 Å². The Hall–Kier alpha value is -0.0100. The van der Waals surface area contributed by atoms with Crippen molar-refractivity contribution in [3.63, 3.8) is 0 Å². The van der Waals surface area contributed by atoms with Gasteiger partial charge in [-0.25, -0.2) is 4.57 Å². The molecule has 3 N–H and O–H groups in total. The lowest BCUT2D eigenvalue weighted by Crippen LogP contribution is -2.43. The SMILES string of the molecule is CCCCCCCCCCCCCCCCCCOCC(O)CC(C[N+](C)(C)C)OP(=O)(O)O. The Bertz CT molecular complexity index is 494. The van der Waals surface area contributed by atoms with Crippen LogP contribution in [0, 0.1) is 0 Å². The van der Waals surface area contributed by atoms with E-state index in [0.717, 1.165) is 12.8 Å². The summed E-state index contributed by atoms with van der Waals surface area (Å²) >= 11 is 0. The molecule has 0 aliphatic carbocycles. The first-order chi connectivity index (χ1) is 16.0. The molecule has 0 spiro atoms. The third-order valence-electron chi connectivity index (χ3n) is 6.03. The fraction of sp³-hybridized carbons (Fsp3) is 1.00. The molecule has 0 aromatic heterocycles. The number of quaternary nitrogens is 1. The molecule has 0 aliphatic heterocycles. The molecular weight excluding hydrogens is 453 g/mol. The first kappa shape index (κ1) is 34.0. The van der Waals surface area contributed by atoms with Crippen LogP contribution in [0.5, 0.6) is 0 Å². The Morgan fingerprint density at radius 3 is 1.53 bits per heavy atom. The molecule has 0 saturated heterocycles. The molecule has 7 nitrogen and oxygen atoms in total. The molecule has 0 fully saturated rings. The second kappa shape index (κ2) is 21.1. The van der Waals surface area contributed by atoms with Gasteiger partial charge in [0, 0.05) is 13.0 Å². The summed E-state index contributed by atoms with van der Waals surface area (Å²) in [6.45, 7) is 3.43. The Morgan fingerprint density at radius 2 is 1.15 bits per heavy atom. The summed E-state index contributed by atoms with van der Waals surface area (Å²) in [6.07, 6.45) is 19.9. The van der Waals surface area contributed by atoms with E-state index in [1.54, 1.807) is 0 Å². The zero-order valence-corrected chi connectivity index (χ0v) is 23.7. The Balaban J connectivity index is 3.55. The van der Waals surface area contributed by atoms with Gasteiger partial charge < -0.3 is 24.1 Å². The van der Waals surface area contributed by atoms with Crippen LogP contribution in [0.1, 0.15) is 116 Å². The minimum Gasteiger partial charge on any atom is -0.391 e. The maximum absolute atomic E-state index is 11.2. The number of aliphatic hydroxyl groups is 1. The number of rotatable bonds is 25. The van der Waals surface area contributed by atoms with E-state index in [0.29, 0.717) is 17.6 Å². The molecule has 0 heterocycles. The highest BCUT2D eigenvalue weighted by Crippen LogP contribution is 2.38. The molecule has 0 radical (unpaired) electrons. The van der Waals surface area contributed by atoms with Crippen LogP contribution in [0.3, 0.4) is 0 Å². The number of ether oxygens (including phenoxy) is 1. The van der Waals surface area contributed by atoms with E-state index >= 15 is 0 Å². The summed E-state index contributed by atoms with van der Waals surface area (Å²) in [5.74, 6) is 0. The fourth-order valence-corrected chi connectivity index (χ4v) is 4.84. The van der Waals surface area contributed by atoms with E-state index in [2.05, 4.69) is 6.92 Å². The highest BCUT2D eigenvalue weighted by molar-refractivity contribution is 7.46. The number of nitrogens with zero attached hydrogens (tertiary/aromatic N) is 1. The van der Waals surface area contributed by atoms with Gasteiger partial charge in [0.2, 0.25) is 0 Å². The van der Waals surface area contributed by atoms with Gasteiger partial charge in [-0.05, 0) is 6.42 Å². The van der Waals surface area contributed by atoms with Crippen molar-refractivity contribution in [2.24, 2.45) is 0 Å². The summed E-state index contributed by atoms with van der Waals surface area (Å²) in [4.78, 5) is 18.2. The van der Waals surface area contributed by atoms with Crippen molar-refractivity contribution in [1.29, 1.82) is 0 Å². The van der Waals surface area contributed by atoms with Gasteiger partial charge in [0.05, 0.1) is 33.9 Å². The maximum atomic E-state index is 11.2. The monoisotopic (exact) mass is 510 g/mol. The first-order valence-electron chi connectivity index (χ1n) is 13.8. The van der Waals surface area contributed by atoms with Gasteiger partial charge in [0.25, 0.3) is 0 Å². The number of phosphoric ester groups is 1. The summed E-state index contributed by atoms with van der Waals surface area (Å²) < 4.78 is 22.1. The Morgan fingerprint density at radius 1 is 0.735 bits per heavy atom. The predicted octanol–water partition coefficient (Wildman–Crippen LogP) is 6.20. The zero-order chi connectivity index (χ0) is 25.7. The van der Waals surface area contributed by atoms with Gasteiger partial charge in [-0.1, -0.05) is 103 Å². The summed E-state index contributed by atoms with van der Waals surface area (Å²) in [7, 11) is 1.15. The van der Waals surface area contributed by atoms with Crippen LogP contribution in [0.15, 0.2) is 0 Å². The number of aliphatic hydroxyl groups excluding tert-OH is 1. The third-order valence-corrected chi connectivity index (χ3v) is 6.60. The van der Waals surface area contributed by atoms with Gasteiger partial charge >= 0.3 is 7.82 Å². The molecule has 34 heavy (non-hydrogen) atoms. The van der Waals surface area contributed by atoms with Gasteiger partial charge in [-0.2, -0.15) is 0 Å². The predicted molar refractivity (Wildman–Crippen MR) is 141 cm³/mol. The summed E-state index contributed by atoms with van der Waals surface area (Å²) in [5.41, 5.74) is 0. The molecule has 2 atom stereocenters. The second-order valence-corrected chi connectivity index (χ2v) is 12.2. The minimum atomic E-state index is -4.59. The number of hydrogen-bond donors (Lipinski definition) is 3. The average Bonchev–Trinajstić information content (AvgIpc) is 2.70. The van der Waals surface area contributed by atoms with E-state index < -0.39 is 20.0 Å². The zero-order valence-electron chi connectivity index (χ0n) is 22.8. The van der Waals surface area contributed by atoms with Crippen LogP contribution in [0.4, 0.5) is 0 Å². The van der Waals surface area contributed by atoms with Crippen LogP contribution in [-0.4, -0.2) is 72.5 Å². The average molecular weight is 511 g/mol. The molecule has 0 amide bonds. The van der Waals surface area contributed by atoms with Crippen molar-refractivity contribution < 1.29 is 33.2 Å². The standard InChI is InChI=1S/C26H56NO6P/c1-5-6-7-8-9-10-11-12-13-14-15-16-17-18-19-20-21-32-24-25(28)22-26(23-27(2,3)4)33-34(29,30)31/h25-26,28H,5-24H2,1-4H3,(H-,29,30,31)/p+1. The molecule has 206 valence electrons. The van der Waals surface area contributed by atoms with E-state index in [-0.39, 0.29) is 13.0 Å². The lowest BCUT2D eigenvalue weighted by atomic mass is 10.0. The molecule has 0 bridgehead atoms. The summed E-state index contributed by atoms with van der Waals surface area (Å²) in [5, 5.41) is 10.2. The maximum Gasteiger partial charge on any atom is 0.470 e.